The summed E-state index contributed by atoms with van der Waals surface area (Å²) in [6.07, 6.45) is 5.99. The van der Waals surface area contributed by atoms with E-state index >= 15 is 0 Å². The first-order chi connectivity index (χ1) is 12.4. The van der Waals surface area contributed by atoms with Crippen LogP contribution < -0.4 is 4.74 Å². The standard InChI is InChI=1S/C21H26N2O2/c1-2-10-22-19(7-1)16-25-20-8-3-5-17(13-20)14-23-11-9-21-18(15-23)6-4-12-24-21/h1-3,5,7-8,10,13,18,21H,4,6,9,11-12,14-16H2. The molecule has 4 rings (SSSR count). The average Bonchev–Trinajstić information content (AvgIpc) is 2.67. The third kappa shape index (κ3) is 4.39. The highest BCUT2D eigenvalue weighted by Crippen LogP contribution is 2.29. The molecule has 0 bridgehead atoms. The number of pyridine rings is 1. The zero-order valence-corrected chi connectivity index (χ0v) is 14.6. The van der Waals surface area contributed by atoms with E-state index in [1.807, 2.05) is 24.3 Å². The van der Waals surface area contributed by atoms with Crippen molar-refractivity contribution in [1.82, 2.24) is 9.88 Å². The fraction of sp³-hybridized carbons (Fsp3) is 0.476. The Bertz CT molecular complexity index is 677. The second-order valence-corrected chi connectivity index (χ2v) is 7.09. The van der Waals surface area contributed by atoms with Crippen molar-refractivity contribution in [3.05, 3.63) is 59.9 Å². The minimum Gasteiger partial charge on any atom is -0.487 e. The van der Waals surface area contributed by atoms with Crippen molar-refractivity contribution < 1.29 is 9.47 Å². The number of likely N-dealkylation sites (tertiary alicyclic amines) is 1. The van der Waals surface area contributed by atoms with Gasteiger partial charge in [-0.05, 0) is 55.0 Å². The minimum atomic E-state index is 0.498. The Morgan fingerprint density at radius 1 is 1.16 bits per heavy atom. The van der Waals surface area contributed by atoms with E-state index in [9.17, 15) is 0 Å². The van der Waals surface area contributed by atoms with Crippen LogP contribution in [-0.4, -0.2) is 35.7 Å². The van der Waals surface area contributed by atoms with Gasteiger partial charge in [0.25, 0.3) is 0 Å². The summed E-state index contributed by atoms with van der Waals surface area (Å²) in [5.74, 6) is 1.63. The van der Waals surface area contributed by atoms with E-state index < -0.39 is 0 Å². The van der Waals surface area contributed by atoms with Crippen LogP contribution in [0.15, 0.2) is 48.7 Å². The van der Waals surface area contributed by atoms with Crippen LogP contribution >= 0.6 is 0 Å². The first-order valence-electron chi connectivity index (χ1n) is 9.32. The van der Waals surface area contributed by atoms with Crippen molar-refractivity contribution in [2.45, 2.75) is 38.5 Å². The highest BCUT2D eigenvalue weighted by Gasteiger charge is 2.31. The Labute approximate surface area is 149 Å². The van der Waals surface area contributed by atoms with E-state index in [4.69, 9.17) is 9.47 Å². The average molecular weight is 338 g/mol. The van der Waals surface area contributed by atoms with E-state index in [-0.39, 0.29) is 0 Å². The molecule has 0 spiro atoms. The predicted octanol–water partition coefficient (Wildman–Crippen LogP) is 3.66. The quantitative estimate of drug-likeness (QED) is 0.833. The molecule has 0 radical (unpaired) electrons. The molecular weight excluding hydrogens is 312 g/mol. The first-order valence-corrected chi connectivity index (χ1v) is 9.32. The van der Waals surface area contributed by atoms with Crippen LogP contribution in [0.1, 0.15) is 30.5 Å². The lowest BCUT2D eigenvalue weighted by atomic mass is 9.88. The van der Waals surface area contributed by atoms with Crippen molar-refractivity contribution in [3.8, 4) is 5.75 Å². The molecule has 0 saturated carbocycles. The molecule has 2 aliphatic heterocycles. The Balaban J connectivity index is 1.33. The summed E-state index contributed by atoms with van der Waals surface area (Å²) in [5, 5.41) is 0. The van der Waals surface area contributed by atoms with Gasteiger partial charge in [-0.25, -0.2) is 0 Å². The minimum absolute atomic E-state index is 0.498. The molecule has 2 aromatic rings. The predicted molar refractivity (Wildman–Crippen MR) is 97.4 cm³/mol. The Hall–Kier alpha value is -1.91. The molecule has 4 nitrogen and oxygen atoms in total. The van der Waals surface area contributed by atoms with Gasteiger partial charge >= 0.3 is 0 Å². The molecular formula is C21H26N2O2. The maximum atomic E-state index is 5.92. The lowest BCUT2D eigenvalue weighted by Crippen LogP contribution is -2.45. The zero-order chi connectivity index (χ0) is 16.9. The molecule has 132 valence electrons. The van der Waals surface area contributed by atoms with Crippen molar-refractivity contribution in [2.75, 3.05) is 19.7 Å². The molecule has 1 aromatic carbocycles. The molecule has 4 heteroatoms. The van der Waals surface area contributed by atoms with Crippen LogP contribution in [0.5, 0.6) is 5.75 Å². The van der Waals surface area contributed by atoms with Crippen molar-refractivity contribution in [2.24, 2.45) is 5.92 Å². The fourth-order valence-corrected chi connectivity index (χ4v) is 3.94. The van der Waals surface area contributed by atoms with Gasteiger partial charge in [0.2, 0.25) is 0 Å². The number of hydrogen-bond donors (Lipinski definition) is 0. The van der Waals surface area contributed by atoms with Crippen LogP contribution in [0.3, 0.4) is 0 Å². The smallest absolute Gasteiger partial charge is 0.130 e. The van der Waals surface area contributed by atoms with Crippen molar-refractivity contribution in [3.63, 3.8) is 0 Å². The summed E-state index contributed by atoms with van der Waals surface area (Å²) >= 11 is 0. The molecule has 25 heavy (non-hydrogen) atoms. The molecule has 2 saturated heterocycles. The molecule has 0 N–H and O–H groups in total. The molecule has 2 aliphatic rings. The molecule has 1 aromatic heterocycles. The molecule has 0 amide bonds. The van der Waals surface area contributed by atoms with Gasteiger partial charge in [-0.15, -0.1) is 0 Å². The summed E-state index contributed by atoms with van der Waals surface area (Å²) in [5.41, 5.74) is 2.26. The molecule has 2 unspecified atom stereocenters. The van der Waals surface area contributed by atoms with Gasteiger partial charge in [-0.1, -0.05) is 18.2 Å². The number of fused-ring (bicyclic) bond motifs is 1. The number of hydrogen-bond acceptors (Lipinski definition) is 4. The summed E-state index contributed by atoms with van der Waals surface area (Å²) in [6, 6.07) is 14.3. The second kappa shape index (κ2) is 7.98. The molecule has 2 atom stereocenters. The SMILES string of the molecule is c1ccc(COc2cccc(CN3CCC4OCCCC4C3)c2)nc1. The van der Waals surface area contributed by atoms with Crippen molar-refractivity contribution in [1.29, 1.82) is 0 Å². The summed E-state index contributed by atoms with van der Waals surface area (Å²) < 4.78 is 11.8. The van der Waals surface area contributed by atoms with Gasteiger partial charge in [0.15, 0.2) is 0 Å². The second-order valence-electron chi connectivity index (χ2n) is 7.09. The Morgan fingerprint density at radius 3 is 3.08 bits per heavy atom. The van der Waals surface area contributed by atoms with E-state index in [2.05, 4.69) is 28.1 Å². The summed E-state index contributed by atoms with van der Waals surface area (Å²) in [4.78, 5) is 6.87. The first kappa shape index (κ1) is 16.6. The number of nitrogens with zero attached hydrogens (tertiary/aromatic N) is 2. The van der Waals surface area contributed by atoms with Crippen LogP contribution in [0.2, 0.25) is 0 Å². The Morgan fingerprint density at radius 2 is 2.16 bits per heavy atom. The third-order valence-electron chi connectivity index (χ3n) is 5.22. The number of aromatic nitrogens is 1. The Kier molecular flexibility index (Phi) is 5.28. The number of piperidine rings is 1. The highest BCUT2D eigenvalue weighted by atomic mass is 16.5. The van der Waals surface area contributed by atoms with Gasteiger partial charge in [-0.2, -0.15) is 0 Å². The van der Waals surface area contributed by atoms with Gasteiger partial charge < -0.3 is 9.47 Å². The maximum absolute atomic E-state index is 5.92. The largest absolute Gasteiger partial charge is 0.487 e. The third-order valence-corrected chi connectivity index (χ3v) is 5.22. The van der Waals surface area contributed by atoms with Gasteiger partial charge in [0, 0.05) is 32.4 Å². The summed E-state index contributed by atoms with van der Waals surface area (Å²) in [6.45, 7) is 4.74. The van der Waals surface area contributed by atoms with E-state index in [1.165, 1.54) is 24.8 Å². The summed E-state index contributed by atoms with van der Waals surface area (Å²) in [7, 11) is 0. The normalized spacial score (nSPS) is 23.8. The van der Waals surface area contributed by atoms with Gasteiger partial charge in [0.1, 0.15) is 12.4 Å². The van der Waals surface area contributed by atoms with E-state index in [1.54, 1.807) is 6.20 Å². The highest BCUT2D eigenvalue weighted by molar-refractivity contribution is 5.28. The van der Waals surface area contributed by atoms with Crippen LogP contribution in [0.4, 0.5) is 0 Å². The van der Waals surface area contributed by atoms with Crippen LogP contribution in [0, 0.1) is 5.92 Å². The topological polar surface area (TPSA) is 34.6 Å². The molecule has 3 heterocycles. The number of rotatable bonds is 5. The molecule has 0 aliphatic carbocycles. The fourth-order valence-electron chi connectivity index (χ4n) is 3.94. The van der Waals surface area contributed by atoms with Crippen LogP contribution in [-0.2, 0) is 17.9 Å². The monoisotopic (exact) mass is 338 g/mol. The maximum Gasteiger partial charge on any atom is 0.130 e. The lowest BCUT2D eigenvalue weighted by molar-refractivity contribution is -0.0676. The van der Waals surface area contributed by atoms with Crippen molar-refractivity contribution >= 4 is 0 Å². The van der Waals surface area contributed by atoms with E-state index in [0.717, 1.165) is 37.7 Å². The van der Waals surface area contributed by atoms with Gasteiger partial charge in [-0.3, -0.25) is 9.88 Å². The zero-order valence-electron chi connectivity index (χ0n) is 14.6. The lowest BCUT2D eigenvalue weighted by Gasteiger charge is -2.41. The van der Waals surface area contributed by atoms with Crippen LogP contribution in [0.25, 0.3) is 0 Å². The van der Waals surface area contributed by atoms with Gasteiger partial charge in [0.05, 0.1) is 11.8 Å². The number of benzene rings is 1. The number of ether oxygens (including phenoxy) is 2. The molecule has 2 fully saturated rings. The van der Waals surface area contributed by atoms with E-state index in [0.29, 0.717) is 18.6 Å².